The fraction of sp³-hybridized carbons (Fsp3) is 0.500. The van der Waals surface area contributed by atoms with Gasteiger partial charge in [0.05, 0.1) is 19.3 Å². The minimum atomic E-state index is -0.238. The molecule has 2 aromatic rings. The fourth-order valence-electron chi connectivity index (χ4n) is 3.14. The molecule has 0 bridgehead atoms. The number of rotatable bonds is 5. The highest BCUT2D eigenvalue weighted by atomic mass is 16.6. The van der Waals surface area contributed by atoms with Crippen LogP contribution in [0, 0.1) is 12.8 Å². The number of aryl methyl sites for hydroxylation is 1. The van der Waals surface area contributed by atoms with Crippen LogP contribution in [0.3, 0.4) is 0 Å². The standard InChI is InChI=1S/C18H23NO5/c1-11-4-5-14-12(6-11)7-15(24-14)18(20)19-8-13-9-23-10-16(21-2)17(13)22-3/h4-7,13,16-17H,8-10H2,1-3H3,(H,19,20)/t13-,16-,17+/m1/s1. The van der Waals surface area contributed by atoms with Gasteiger partial charge in [0.2, 0.25) is 0 Å². The number of fused-ring (bicyclic) bond motifs is 1. The highest BCUT2D eigenvalue weighted by molar-refractivity contribution is 5.96. The average Bonchev–Trinajstić information content (AvgIpc) is 3.02. The zero-order valence-corrected chi connectivity index (χ0v) is 14.2. The van der Waals surface area contributed by atoms with Gasteiger partial charge in [-0.05, 0) is 25.1 Å². The summed E-state index contributed by atoms with van der Waals surface area (Å²) in [7, 11) is 3.29. The van der Waals surface area contributed by atoms with Crippen molar-refractivity contribution in [2.75, 3.05) is 34.0 Å². The minimum absolute atomic E-state index is 0.0317. The van der Waals surface area contributed by atoms with Crippen LogP contribution in [0.4, 0.5) is 0 Å². The highest BCUT2D eigenvalue weighted by Crippen LogP contribution is 2.22. The second-order valence-electron chi connectivity index (χ2n) is 6.13. The maximum Gasteiger partial charge on any atom is 0.287 e. The topological polar surface area (TPSA) is 69.9 Å². The third-order valence-corrected chi connectivity index (χ3v) is 4.44. The lowest BCUT2D eigenvalue weighted by Gasteiger charge is -2.36. The molecule has 1 amide bonds. The summed E-state index contributed by atoms with van der Waals surface area (Å²) in [6.07, 6.45) is -0.234. The Labute approximate surface area is 141 Å². The number of nitrogens with one attached hydrogen (secondary N) is 1. The van der Waals surface area contributed by atoms with Gasteiger partial charge in [0.1, 0.15) is 11.7 Å². The quantitative estimate of drug-likeness (QED) is 0.908. The van der Waals surface area contributed by atoms with E-state index in [1.807, 2.05) is 25.1 Å². The molecule has 0 radical (unpaired) electrons. The van der Waals surface area contributed by atoms with Crippen molar-refractivity contribution < 1.29 is 23.4 Å². The summed E-state index contributed by atoms with van der Waals surface area (Å²) in [5.74, 6) is 0.104. The second kappa shape index (κ2) is 7.34. The number of hydrogen-bond donors (Lipinski definition) is 1. The molecule has 1 fully saturated rings. The molecule has 24 heavy (non-hydrogen) atoms. The molecule has 6 nitrogen and oxygen atoms in total. The predicted octanol–water partition coefficient (Wildman–Crippen LogP) is 2.15. The molecule has 1 aliphatic rings. The van der Waals surface area contributed by atoms with Gasteiger partial charge in [-0.25, -0.2) is 0 Å². The first-order valence-electron chi connectivity index (χ1n) is 8.04. The predicted molar refractivity (Wildman–Crippen MR) is 89.2 cm³/mol. The maximum atomic E-state index is 12.4. The van der Waals surface area contributed by atoms with E-state index < -0.39 is 0 Å². The van der Waals surface area contributed by atoms with Gasteiger partial charge in [-0.3, -0.25) is 4.79 Å². The van der Waals surface area contributed by atoms with E-state index >= 15 is 0 Å². The number of carbonyl (C=O) groups excluding carboxylic acids is 1. The number of hydrogen-bond acceptors (Lipinski definition) is 5. The number of methoxy groups -OCH3 is 2. The zero-order chi connectivity index (χ0) is 17.1. The molecule has 3 rings (SSSR count). The van der Waals surface area contributed by atoms with Gasteiger partial charge in [-0.15, -0.1) is 0 Å². The van der Waals surface area contributed by atoms with Gasteiger partial charge in [0.25, 0.3) is 5.91 Å². The second-order valence-corrected chi connectivity index (χ2v) is 6.13. The fourth-order valence-corrected chi connectivity index (χ4v) is 3.14. The lowest BCUT2D eigenvalue weighted by atomic mass is 9.96. The molecule has 0 aliphatic carbocycles. The van der Waals surface area contributed by atoms with E-state index in [0.29, 0.717) is 31.1 Å². The van der Waals surface area contributed by atoms with Crippen LogP contribution >= 0.6 is 0 Å². The molecule has 1 aromatic carbocycles. The molecule has 2 heterocycles. The molecule has 0 saturated carbocycles. The highest BCUT2D eigenvalue weighted by Gasteiger charge is 2.34. The summed E-state index contributed by atoms with van der Waals surface area (Å²) in [6, 6.07) is 7.59. The van der Waals surface area contributed by atoms with E-state index in [-0.39, 0.29) is 24.0 Å². The summed E-state index contributed by atoms with van der Waals surface area (Å²) >= 11 is 0. The summed E-state index contributed by atoms with van der Waals surface area (Å²) in [5.41, 5.74) is 1.84. The third kappa shape index (κ3) is 3.45. The van der Waals surface area contributed by atoms with E-state index in [1.54, 1.807) is 20.3 Å². The molecule has 1 N–H and O–H groups in total. The summed E-state index contributed by atoms with van der Waals surface area (Å²) in [5, 5.41) is 3.83. The zero-order valence-electron chi connectivity index (χ0n) is 14.2. The lowest BCUT2D eigenvalue weighted by Crippen LogP contribution is -2.50. The van der Waals surface area contributed by atoms with Gasteiger partial charge in [0, 0.05) is 32.1 Å². The number of furan rings is 1. The molecular weight excluding hydrogens is 310 g/mol. The van der Waals surface area contributed by atoms with Crippen molar-refractivity contribution in [3.05, 3.63) is 35.6 Å². The third-order valence-electron chi connectivity index (χ3n) is 4.44. The smallest absolute Gasteiger partial charge is 0.287 e. The Kier molecular flexibility index (Phi) is 5.18. The van der Waals surface area contributed by atoms with E-state index in [9.17, 15) is 4.79 Å². The molecule has 0 spiro atoms. The monoisotopic (exact) mass is 333 g/mol. The number of ether oxygens (including phenoxy) is 3. The van der Waals surface area contributed by atoms with Crippen molar-refractivity contribution in [1.29, 1.82) is 0 Å². The largest absolute Gasteiger partial charge is 0.451 e. The van der Waals surface area contributed by atoms with Crippen molar-refractivity contribution in [2.45, 2.75) is 19.1 Å². The Bertz CT molecular complexity index is 710. The van der Waals surface area contributed by atoms with Crippen molar-refractivity contribution in [2.24, 2.45) is 5.92 Å². The summed E-state index contributed by atoms with van der Waals surface area (Å²) in [6.45, 7) is 3.47. The molecule has 6 heteroatoms. The van der Waals surface area contributed by atoms with Crippen molar-refractivity contribution in [1.82, 2.24) is 5.32 Å². The SMILES string of the molecule is CO[C@H]1[C@H](CNC(=O)c2cc3cc(C)ccc3o2)COC[C@H]1OC. The van der Waals surface area contributed by atoms with Crippen LogP contribution in [-0.4, -0.2) is 52.1 Å². The van der Waals surface area contributed by atoms with Gasteiger partial charge in [0.15, 0.2) is 5.76 Å². The van der Waals surface area contributed by atoms with E-state index in [0.717, 1.165) is 10.9 Å². The average molecular weight is 333 g/mol. The molecular formula is C18H23NO5. The molecule has 3 atom stereocenters. The summed E-state index contributed by atoms with van der Waals surface area (Å²) < 4.78 is 22.1. The van der Waals surface area contributed by atoms with Crippen molar-refractivity contribution >= 4 is 16.9 Å². The number of amides is 1. The van der Waals surface area contributed by atoms with Gasteiger partial charge >= 0.3 is 0 Å². The Morgan fingerprint density at radius 2 is 2.08 bits per heavy atom. The maximum absolute atomic E-state index is 12.4. The molecule has 1 aromatic heterocycles. The van der Waals surface area contributed by atoms with Crippen LogP contribution in [0.1, 0.15) is 16.1 Å². The minimum Gasteiger partial charge on any atom is -0.451 e. The van der Waals surface area contributed by atoms with Crippen LogP contribution in [0.25, 0.3) is 11.0 Å². The van der Waals surface area contributed by atoms with Gasteiger partial charge in [-0.2, -0.15) is 0 Å². The van der Waals surface area contributed by atoms with Gasteiger partial charge in [-0.1, -0.05) is 11.6 Å². The molecule has 0 unspecified atom stereocenters. The van der Waals surface area contributed by atoms with Crippen molar-refractivity contribution in [3.8, 4) is 0 Å². The molecule has 1 aliphatic heterocycles. The van der Waals surface area contributed by atoms with E-state index in [4.69, 9.17) is 18.6 Å². The van der Waals surface area contributed by atoms with E-state index in [2.05, 4.69) is 5.32 Å². The first-order valence-corrected chi connectivity index (χ1v) is 8.04. The normalized spacial score (nSPS) is 24.2. The lowest BCUT2D eigenvalue weighted by molar-refractivity contribution is -0.145. The Hall–Kier alpha value is -1.89. The Balaban J connectivity index is 1.65. The van der Waals surface area contributed by atoms with Crippen LogP contribution < -0.4 is 5.32 Å². The Morgan fingerprint density at radius 1 is 1.25 bits per heavy atom. The van der Waals surface area contributed by atoms with Crippen molar-refractivity contribution in [3.63, 3.8) is 0 Å². The first kappa shape index (κ1) is 17.0. The summed E-state index contributed by atoms with van der Waals surface area (Å²) in [4.78, 5) is 12.4. The van der Waals surface area contributed by atoms with Crippen LogP contribution in [0.15, 0.2) is 28.7 Å². The number of carbonyl (C=O) groups is 1. The van der Waals surface area contributed by atoms with Crippen LogP contribution in [0.5, 0.6) is 0 Å². The molecule has 1 saturated heterocycles. The molecule has 130 valence electrons. The van der Waals surface area contributed by atoms with Gasteiger partial charge < -0.3 is 23.9 Å². The number of benzene rings is 1. The van der Waals surface area contributed by atoms with E-state index in [1.165, 1.54) is 0 Å². The van der Waals surface area contributed by atoms with Crippen LogP contribution in [0.2, 0.25) is 0 Å². The van der Waals surface area contributed by atoms with Crippen LogP contribution in [-0.2, 0) is 14.2 Å². The Morgan fingerprint density at radius 3 is 2.83 bits per heavy atom. The first-order chi connectivity index (χ1) is 11.6.